The van der Waals surface area contributed by atoms with Crippen LogP contribution in [0.5, 0.6) is 0 Å². The molecular weight excluding hydrogens is 270 g/mol. The van der Waals surface area contributed by atoms with Crippen molar-refractivity contribution in [1.29, 1.82) is 0 Å². The summed E-state index contributed by atoms with van der Waals surface area (Å²) in [4.78, 5) is 4.55. The number of nitrogens with zero attached hydrogens (tertiary/aromatic N) is 2. The monoisotopic (exact) mass is 287 g/mol. The molecule has 1 aromatic rings. The molecule has 1 saturated heterocycles. The van der Waals surface area contributed by atoms with E-state index < -0.39 is 0 Å². The summed E-state index contributed by atoms with van der Waals surface area (Å²) in [5.41, 5.74) is 1.31. The standard InChI is InChI=1S/C11H18BrN3O/c1-13-7-9-14-11(12)10(15(9)2)8-3-5-16-6-4-8/h8,13H,3-7H2,1-2H3. The van der Waals surface area contributed by atoms with E-state index in [1.165, 1.54) is 5.69 Å². The molecule has 1 aliphatic heterocycles. The van der Waals surface area contributed by atoms with Crippen molar-refractivity contribution in [3.63, 3.8) is 0 Å². The molecule has 5 heteroatoms. The molecule has 0 bridgehead atoms. The number of halogens is 1. The fourth-order valence-electron chi connectivity index (χ4n) is 2.25. The SMILES string of the molecule is CNCc1nc(Br)c(C2CCOCC2)n1C. The van der Waals surface area contributed by atoms with E-state index in [1.807, 2.05) is 7.05 Å². The summed E-state index contributed by atoms with van der Waals surface area (Å²) < 4.78 is 8.60. The van der Waals surface area contributed by atoms with E-state index in [2.05, 4.69) is 37.8 Å². The lowest BCUT2D eigenvalue weighted by Crippen LogP contribution is -2.18. The first-order valence-electron chi connectivity index (χ1n) is 5.67. The predicted molar refractivity (Wildman–Crippen MR) is 66.5 cm³/mol. The summed E-state index contributed by atoms with van der Waals surface area (Å²) in [6.07, 6.45) is 2.19. The van der Waals surface area contributed by atoms with Crippen LogP contribution in [0, 0.1) is 0 Å². The van der Waals surface area contributed by atoms with E-state index in [1.54, 1.807) is 0 Å². The minimum absolute atomic E-state index is 0.575. The molecule has 4 nitrogen and oxygen atoms in total. The van der Waals surface area contributed by atoms with Crippen LogP contribution in [0.1, 0.15) is 30.3 Å². The summed E-state index contributed by atoms with van der Waals surface area (Å²) in [6.45, 7) is 2.53. The summed E-state index contributed by atoms with van der Waals surface area (Å²) in [7, 11) is 4.03. The molecule has 0 unspecified atom stereocenters. The first-order chi connectivity index (χ1) is 7.74. The van der Waals surface area contributed by atoms with Crippen LogP contribution in [-0.2, 0) is 18.3 Å². The second-order valence-electron chi connectivity index (χ2n) is 4.18. The van der Waals surface area contributed by atoms with Crippen molar-refractivity contribution in [3.05, 3.63) is 16.1 Å². The predicted octanol–water partition coefficient (Wildman–Crippen LogP) is 1.80. The second kappa shape index (κ2) is 5.29. The Morgan fingerprint density at radius 1 is 1.50 bits per heavy atom. The number of imidazole rings is 1. The Morgan fingerprint density at radius 3 is 2.81 bits per heavy atom. The summed E-state index contributed by atoms with van der Waals surface area (Å²) in [5.74, 6) is 1.65. The molecule has 0 radical (unpaired) electrons. The van der Waals surface area contributed by atoms with Gasteiger partial charge < -0.3 is 14.6 Å². The van der Waals surface area contributed by atoms with E-state index in [0.717, 1.165) is 43.0 Å². The maximum absolute atomic E-state index is 5.40. The Hall–Kier alpha value is -0.390. The molecule has 0 saturated carbocycles. The van der Waals surface area contributed by atoms with Gasteiger partial charge in [0.05, 0.1) is 12.2 Å². The highest BCUT2D eigenvalue weighted by Crippen LogP contribution is 2.32. The fraction of sp³-hybridized carbons (Fsp3) is 0.727. The molecule has 0 aromatic carbocycles. The molecular formula is C11H18BrN3O. The van der Waals surface area contributed by atoms with E-state index in [-0.39, 0.29) is 0 Å². The molecule has 1 fully saturated rings. The molecule has 1 aliphatic rings. The number of rotatable bonds is 3. The van der Waals surface area contributed by atoms with Crippen molar-refractivity contribution in [1.82, 2.24) is 14.9 Å². The Labute approximate surface area is 105 Å². The van der Waals surface area contributed by atoms with Crippen molar-refractivity contribution in [3.8, 4) is 0 Å². The normalized spacial score (nSPS) is 17.9. The molecule has 90 valence electrons. The molecule has 1 N–H and O–H groups in total. The van der Waals surface area contributed by atoms with Gasteiger partial charge in [-0.25, -0.2) is 4.98 Å². The van der Waals surface area contributed by atoms with Crippen molar-refractivity contribution in [2.45, 2.75) is 25.3 Å². The Morgan fingerprint density at radius 2 is 2.19 bits per heavy atom. The van der Waals surface area contributed by atoms with Gasteiger partial charge in [0.1, 0.15) is 10.4 Å². The smallest absolute Gasteiger partial charge is 0.127 e. The lowest BCUT2D eigenvalue weighted by Gasteiger charge is -2.23. The molecule has 2 rings (SSSR count). The third kappa shape index (κ3) is 2.31. The van der Waals surface area contributed by atoms with Crippen LogP contribution in [0.25, 0.3) is 0 Å². The zero-order valence-corrected chi connectivity index (χ0v) is 11.4. The first kappa shape index (κ1) is 12.1. The van der Waals surface area contributed by atoms with Gasteiger partial charge in [-0.1, -0.05) is 0 Å². The van der Waals surface area contributed by atoms with Crippen molar-refractivity contribution in [2.24, 2.45) is 7.05 Å². The number of aromatic nitrogens is 2. The van der Waals surface area contributed by atoms with Crippen molar-refractivity contribution in [2.75, 3.05) is 20.3 Å². The molecule has 0 aliphatic carbocycles. The van der Waals surface area contributed by atoms with Crippen LogP contribution in [0.3, 0.4) is 0 Å². The third-order valence-electron chi connectivity index (χ3n) is 3.13. The van der Waals surface area contributed by atoms with Crippen LogP contribution in [0.2, 0.25) is 0 Å². The number of hydrogen-bond donors (Lipinski definition) is 1. The number of ether oxygens (including phenoxy) is 1. The van der Waals surface area contributed by atoms with Gasteiger partial charge in [0.25, 0.3) is 0 Å². The summed E-state index contributed by atoms with van der Waals surface area (Å²) in [5, 5.41) is 3.14. The summed E-state index contributed by atoms with van der Waals surface area (Å²) in [6, 6.07) is 0. The quantitative estimate of drug-likeness (QED) is 0.921. The molecule has 0 amide bonds. The lowest BCUT2D eigenvalue weighted by molar-refractivity contribution is 0.0837. The van der Waals surface area contributed by atoms with Gasteiger partial charge >= 0.3 is 0 Å². The summed E-state index contributed by atoms with van der Waals surface area (Å²) >= 11 is 3.57. The van der Waals surface area contributed by atoms with Gasteiger partial charge in [0.15, 0.2) is 0 Å². The largest absolute Gasteiger partial charge is 0.381 e. The van der Waals surface area contributed by atoms with Crippen molar-refractivity contribution < 1.29 is 4.74 Å². The van der Waals surface area contributed by atoms with Gasteiger partial charge in [0, 0.05) is 26.2 Å². The minimum atomic E-state index is 0.575. The van der Waals surface area contributed by atoms with Crippen LogP contribution in [-0.4, -0.2) is 29.8 Å². The zero-order valence-electron chi connectivity index (χ0n) is 9.79. The molecule has 0 spiro atoms. The topological polar surface area (TPSA) is 39.1 Å². The molecule has 0 atom stereocenters. The highest BCUT2D eigenvalue weighted by molar-refractivity contribution is 9.10. The minimum Gasteiger partial charge on any atom is -0.381 e. The van der Waals surface area contributed by atoms with E-state index >= 15 is 0 Å². The highest BCUT2D eigenvalue weighted by atomic mass is 79.9. The maximum atomic E-state index is 5.40. The third-order valence-corrected chi connectivity index (χ3v) is 3.71. The van der Waals surface area contributed by atoms with Gasteiger partial charge in [0.2, 0.25) is 0 Å². The zero-order chi connectivity index (χ0) is 11.5. The molecule has 2 heterocycles. The van der Waals surface area contributed by atoms with Crippen LogP contribution in [0.15, 0.2) is 4.60 Å². The van der Waals surface area contributed by atoms with Gasteiger partial charge in [-0.15, -0.1) is 0 Å². The van der Waals surface area contributed by atoms with Crippen LogP contribution < -0.4 is 5.32 Å². The Kier molecular flexibility index (Phi) is 4.00. The van der Waals surface area contributed by atoms with E-state index in [4.69, 9.17) is 4.74 Å². The van der Waals surface area contributed by atoms with E-state index in [9.17, 15) is 0 Å². The lowest BCUT2D eigenvalue weighted by atomic mass is 9.97. The first-order valence-corrected chi connectivity index (χ1v) is 6.46. The van der Waals surface area contributed by atoms with Gasteiger partial charge in [-0.05, 0) is 35.8 Å². The average Bonchev–Trinajstić information content (AvgIpc) is 2.56. The number of hydrogen-bond acceptors (Lipinski definition) is 3. The second-order valence-corrected chi connectivity index (χ2v) is 4.93. The Balaban J connectivity index is 2.24. The fourth-order valence-corrected chi connectivity index (χ4v) is 3.05. The van der Waals surface area contributed by atoms with Crippen LogP contribution in [0.4, 0.5) is 0 Å². The van der Waals surface area contributed by atoms with Gasteiger partial charge in [-0.2, -0.15) is 0 Å². The Bertz CT molecular complexity index is 358. The maximum Gasteiger partial charge on any atom is 0.127 e. The van der Waals surface area contributed by atoms with Crippen LogP contribution >= 0.6 is 15.9 Å². The van der Waals surface area contributed by atoms with Crippen molar-refractivity contribution >= 4 is 15.9 Å². The highest BCUT2D eigenvalue weighted by Gasteiger charge is 2.23. The number of nitrogens with one attached hydrogen (secondary N) is 1. The van der Waals surface area contributed by atoms with Gasteiger partial charge in [-0.3, -0.25) is 0 Å². The van der Waals surface area contributed by atoms with E-state index in [0.29, 0.717) is 5.92 Å². The average molecular weight is 288 g/mol. The molecule has 16 heavy (non-hydrogen) atoms. The molecule has 1 aromatic heterocycles.